The first-order valence-corrected chi connectivity index (χ1v) is 8.89. The molecule has 1 aromatic carbocycles. The molecule has 1 N–H and O–H groups in total. The van der Waals surface area contributed by atoms with Gasteiger partial charge in [0.1, 0.15) is 5.69 Å². The Balaban J connectivity index is 2.52. The summed E-state index contributed by atoms with van der Waals surface area (Å²) < 4.78 is 1.64. The second-order valence-electron chi connectivity index (χ2n) is 6.43. The smallest absolute Gasteiger partial charge is 0.351 e. The van der Waals surface area contributed by atoms with E-state index in [0.717, 1.165) is 30.5 Å². The summed E-state index contributed by atoms with van der Waals surface area (Å²) in [6, 6.07) is 8.03. The van der Waals surface area contributed by atoms with Gasteiger partial charge in [-0.3, -0.25) is 0 Å². The quantitative estimate of drug-likeness (QED) is 0.679. The predicted octanol–water partition coefficient (Wildman–Crippen LogP) is 5.48. The minimum atomic E-state index is -0.997. The number of carbonyl (C=O) groups is 1. The van der Waals surface area contributed by atoms with Crippen LogP contribution in [0.2, 0.25) is 0 Å². The highest BCUT2D eigenvalue weighted by Gasteiger charge is 2.25. The molecule has 1 heterocycles. The third kappa shape index (κ3) is 3.61. The highest BCUT2D eigenvalue weighted by atomic mass is 16.4. The molecule has 1 aromatic heterocycles. The molecule has 2 aromatic rings. The molecule has 25 heavy (non-hydrogen) atoms. The fraction of sp³-hybridized carbons (Fsp3) is 0.429. The van der Waals surface area contributed by atoms with Crippen LogP contribution in [-0.4, -0.2) is 15.6 Å². The molecule has 0 saturated heterocycles. The number of aromatic carboxylic acids is 1. The van der Waals surface area contributed by atoms with E-state index < -0.39 is 5.97 Å². The van der Waals surface area contributed by atoms with Crippen LogP contribution < -0.4 is 0 Å². The third-order valence-electron chi connectivity index (χ3n) is 5.06. The van der Waals surface area contributed by atoms with Gasteiger partial charge in [0.25, 0.3) is 0 Å². The van der Waals surface area contributed by atoms with E-state index in [1.807, 2.05) is 19.1 Å². The van der Waals surface area contributed by atoms with E-state index in [4.69, 9.17) is 6.57 Å². The molecule has 0 atom stereocenters. The summed E-state index contributed by atoms with van der Waals surface area (Å²) >= 11 is 0. The monoisotopic (exact) mass is 338 g/mol. The lowest BCUT2D eigenvalue weighted by atomic mass is 9.93. The average Bonchev–Trinajstić information content (AvgIpc) is 2.91. The number of aromatic nitrogens is 1. The van der Waals surface area contributed by atoms with Crippen LogP contribution in [0.1, 0.15) is 55.4 Å². The molecule has 0 saturated carbocycles. The SMILES string of the molecule is [C-]#[N+]c1c(-c2ccc(CC(CC)CC)cc2)c(C(=O)O)n(C)c1CC. The van der Waals surface area contributed by atoms with Crippen molar-refractivity contribution in [2.24, 2.45) is 13.0 Å². The van der Waals surface area contributed by atoms with Crippen molar-refractivity contribution in [3.8, 4) is 11.1 Å². The molecule has 0 aliphatic heterocycles. The van der Waals surface area contributed by atoms with E-state index in [1.165, 1.54) is 5.56 Å². The van der Waals surface area contributed by atoms with Crippen molar-refractivity contribution in [3.63, 3.8) is 0 Å². The van der Waals surface area contributed by atoms with Gasteiger partial charge < -0.3 is 9.67 Å². The summed E-state index contributed by atoms with van der Waals surface area (Å²) in [6.07, 6.45) is 3.97. The maximum absolute atomic E-state index is 11.8. The van der Waals surface area contributed by atoms with E-state index in [-0.39, 0.29) is 5.69 Å². The van der Waals surface area contributed by atoms with Crippen molar-refractivity contribution in [2.75, 3.05) is 0 Å². The molecule has 0 aliphatic carbocycles. The Morgan fingerprint density at radius 1 is 1.20 bits per heavy atom. The number of carboxylic acid groups (broad SMARTS) is 1. The predicted molar refractivity (Wildman–Crippen MR) is 101 cm³/mol. The summed E-state index contributed by atoms with van der Waals surface area (Å²) in [6.45, 7) is 13.9. The molecule has 0 unspecified atom stereocenters. The van der Waals surface area contributed by atoms with Crippen molar-refractivity contribution in [1.29, 1.82) is 0 Å². The number of carboxylic acids is 1. The van der Waals surface area contributed by atoms with Gasteiger partial charge in [-0.2, -0.15) is 0 Å². The first-order valence-electron chi connectivity index (χ1n) is 8.89. The van der Waals surface area contributed by atoms with Gasteiger partial charge in [-0.25, -0.2) is 9.64 Å². The highest BCUT2D eigenvalue weighted by Crippen LogP contribution is 2.39. The summed E-state index contributed by atoms with van der Waals surface area (Å²) in [5.74, 6) is -0.328. The Labute approximate surface area is 149 Å². The zero-order valence-corrected chi connectivity index (χ0v) is 15.5. The highest BCUT2D eigenvalue weighted by molar-refractivity contribution is 6.00. The number of hydrogen-bond acceptors (Lipinski definition) is 1. The topological polar surface area (TPSA) is 46.6 Å². The van der Waals surface area contributed by atoms with Crippen molar-refractivity contribution in [3.05, 3.63) is 52.6 Å². The molecule has 0 spiro atoms. The first kappa shape index (κ1) is 18.8. The van der Waals surface area contributed by atoms with Gasteiger partial charge in [-0.1, -0.05) is 57.9 Å². The van der Waals surface area contributed by atoms with E-state index in [0.29, 0.717) is 23.6 Å². The van der Waals surface area contributed by atoms with Crippen LogP contribution in [0, 0.1) is 12.5 Å². The number of nitrogens with zero attached hydrogens (tertiary/aromatic N) is 2. The van der Waals surface area contributed by atoms with Crippen molar-refractivity contribution in [1.82, 2.24) is 4.57 Å². The van der Waals surface area contributed by atoms with Gasteiger partial charge in [-0.15, -0.1) is 0 Å². The Hall–Kier alpha value is -2.54. The molecule has 0 radical (unpaired) electrons. The Morgan fingerprint density at radius 2 is 1.80 bits per heavy atom. The second-order valence-corrected chi connectivity index (χ2v) is 6.43. The van der Waals surface area contributed by atoms with Gasteiger partial charge in [-0.05, 0) is 29.9 Å². The van der Waals surface area contributed by atoms with Crippen molar-refractivity contribution >= 4 is 11.7 Å². The van der Waals surface area contributed by atoms with Crippen LogP contribution in [-0.2, 0) is 19.9 Å². The number of rotatable bonds is 7. The Morgan fingerprint density at radius 3 is 2.24 bits per heavy atom. The summed E-state index contributed by atoms with van der Waals surface area (Å²) in [5, 5.41) is 9.65. The third-order valence-corrected chi connectivity index (χ3v) is 5.06. The van der Waals surface area contributed by atoms with Crippen LogP contribution in [0.4, 0.5) is 5.69 Å². The first-order chi connectivity index (χ1) is 12.0. The molecule has 2 rings (SSSR count). The zero-order chi connectivity index (χ0) is 18.6. The number of hydrogen-bond donors (Lipinski definition) is 1. The molecule has 0 aliphatic rings. The van der Waals surface area contributed by atoms with Gasteiger partial charge in [0.05, 0.1) is 6.57 Å². The van der Waals surface area contributed by atoms with Crippen molar-refractivity contribution in [2.45, 2.75) is 46.5 Å². The Bertz CT molecular complexity index is 791. The minimum Gasteiger partial charge on any atom is -0.477 e. The lowest BCUT2D eigenvalue weighted by molar-refractivity contribution is 0.0687. The van der Waals surface area contributed by atoms with Gasteiger partial charge in [0.15, 0.2) is 0 Å². The van der Waals surface area contributed by atoms with Crippen LogP contribution in [0.25, 0.3) is 16.0 Å². The summed E-state index contributed by atoms with van der Waals surface area (Å²) in [5.41, 5.74) is 4.00. The van der Waals surface area contributed by atoms with E-state index in [1.54, 1.807) is 11.6 Å². The standard InChI is InChI=1S/C21H26N2O2/c1-6-14(7-2)13-15-9-11-16(12-10-15)18-19(22-4)17(8-3)23(5)20(18)21(24)25/h9-12,14H,6-8,13H2,1-3,5H3,(H,24,25). The molecule has 4 nitrogen and oxygen atoms in total. The van der Waals surface area contributed by atoms with Crippen LogP contribution in [0.5, 0.6) is 0 Å². The van der Waals surface area contributed by atoms with Crippen LogP contribution in [0.15, 0.2) is 24.3 Å². The normalized spacial score (nSPS) is 10.9. The average molecular weight is 338 g/mol. The number of benzene rings is 1. The minimum absolute atomic E-state index is 0.190. The Kier molecular flexibility index (Phi) is 6.03. The van der Waals surface area contributed by atoms with E-state index in [9.17, 15) is 9.90 Å². The van der Waals surface area contributed by atoms with Crippen molar-refractivity contribution < 1.29 is 9.90 Å². The molecule has 4 heteroatoms. The van der Waals surface area contributed by atoms with Gasteiger partial charge >= 0.3 is 5.97 Å². The van der Waals surface area contributed by atoms with Crippen LogP contribution in [0.3, 0.4) is 0 Å². The molecule has 0 amide bonds. The van der Waals surface area contributed by atoms with E-state index >= 15 is 0 Å². The molecular weight excluding hydrogens is 312 g/mol. The zero-order valence-electron chi connectivity index (χ0n) is 15.5. The maximum atomic E-state index is 11.8. The second kappa shape index (κ2) is 8.02. The molecule has 0 bridgehead atoms. The van der Waals surface area contributed by atoms with E-state index in [2.05, 4.69) is 30.8 Å². The lowest BCUT2D eigenvalue weighted by Gasteiger charge is -2.12. The van der Waals surface area contributed by atoms with Gasteiger partial charge in [0.2, 0.25) is 5.69 Å². The molecule has 0 fully saturated rings. The summed E-state index contributed by atoms with van der Waals surface area (Å²) in [4.78, 5) is 15.4. The largest absolute Gasteiger partial charge is 0.477 e. The lowest BCUT2D eigenvalue weighted by Crippen LogP contribution is -2.07. The molecule has 132 valence electrons. The maximum Gasteiger partial charge on any atom is 0.351 e. The fourth-order valence-corrected chi connectivity index (χ4v) is 3.49. The summed E-state index contributed by atoms with van der Waals surface area (Å²) in [7, 11) is 1.72. The molecular formula is C21H26N2O2. The van der Waals surface area contributed by atoms with Crippen LogP contribution >= 0.6 is 0 Å². The fourth-order valence-electron chi connectivity index (χ4n) is 3.49. The van der Waals surface area contributed by atoms with Gasteiger partial charge in [0, 0.05) is 18.3 Å².